The van der Waals surface area contributed by atoms with Crippen molar-refractivity contribution < 1.29 is 90.1 Å². The number of nitrogens with zero attached hydrogens (tertiary/aromatic N) is 10. The minimum absolute atomic E-state index is 0. The largest absolute Gasteiger partial charge is 1.00 e. The van der Waals surface area contributed by atoms with Gasteiger partial charge in [0.15, 0.2) is 5.82 Å². The molecule has 8 N–H and O–H groups in total. The fraction of sp³-hybridized carbons (Fsp3) is 0.228. The molecule has 0 radical (unpaired) electrons. The second kappa shape index (κ2) is 47.6. The van der Waals surface area contributed by atoms with E-state index < -0.39 is 11.2 Å². The van der Waals surface area contributed by atoms with Gasteiger partial charge < -0.3 is 70.4 Å². The summed E-state index contributed by atoms with van der Waals surface area (Å²) in [6.07, 6.45) is 12.7. The van der Waals surface area contributed by atoms with Crippen molar-refractivity contribution in [3.8, 4) is 99.2 Å². The normalized spacial score (nSPS) is 12.9. The van der Waals surface area contributed by atoms with Gasteiger partial charge in [-0.2, -0.15) is 26.3 Å². The Balaban J connectivity index is 0.000000169. The molecule has 624 valence electrons. The number of carbonyl (C=O) groups excluding carboxylic acids is 1. The van der Waals surface area contributed by atoms with Crippen LogP contribution in [0.3, 0.4) is 0 Å². The molecule has 1 fully saturated rings. The number of fused-ring (bicyclic) bond motifs is 4. The Morgan fingerprint density at radius 1 is 0.476 bits per heavy atom. The predicted octanol–water partition coefficient (Wildman–Crippen LogP) is 18.5. The summed E-state index contributed by atoms with van der Waals surface area (Å²) in [5.41, 5.74) is 31.0. The summed E-state index contributed by atoms with van der Waals surface area (Å²) in [6.45, 7) is 10.7. The molecule has 13 aromatic rings. The summed E-state index contributed by atoms with van der Waals surface area (Å²) in [5, 5.41) is 66.2. The van der Waals surface area contributed by atoms with Crippen LogP contribution >= 0.6 is 0 Å². The summed E-state index contributed by atoms with van der Waals surface area (Å²) in [7, 11) is 0. The molecule has 4 aliphatic rings. The molecule has 0 amide bonds. The molecule has 17 rings (SSSR count). The van der Waals surface area contributed by atoms with Crippen LogP contribution in [-0.4, -0.2) is 54.3 Å². The second-order valence-corrected chi connectivity index (χ2v) is 30.7. The van der Waals surface area contributed by atoms with Gasteiger partial charge in [0, 0.05) is 57.5 Å². The number of para-hydroxylation sites is 5. The summed E-state index contributed by atoms with van der Waals surface area (Å²) in [6, 6.07) is 97.3. The van der Waals surface area contributed by atoms with Gasteiger partial charge in [0.05, 0.1) is 41.1 Å². The number of Topliss-reactive ketones (excluding diaryl/α,β-unsaturated/α-hetero) is 1. The van der Waals surface area contributed by atoms with Crippen molar-refractivity contribution in [1.82, 2.24) is 19.1 Å². The number of hydrogen-bond acceptors (Lipinski definition) is 20. The number of aliphatic hydroxyl groups is 1. The van der Waals surface area contributed by atoms with Gasteiger partial charge in [-0.15, -0.1) is 5.60 Å². The van der Waals surface area contributed by atoms with Gasteiger partial charge in [-0.25, -0.2) is 9.97 Å². The molecule has 124 heavy (non-hydrogen) atoms. The number of allylic oxidation sites excluding steroid dienone is 2. The third-order valence-electron chi connectivity index (χ3n) is 18.9. The third-order valence-corrected chi connectivity index (χ3v) is 18.9. The number of aryl methyl sites for hydroxylation is 1. The topological polar surface area (TPSA) is 354 Å². The Hall–Kier alpha value is -13.5. The molecule has 22 nitrogen and oxygen atoms in total. The van der Waals surface area contributed by atoms with E-state index in [9.17, 15) is 20.4 Å². The number of anilines is 5. The second-order valence-electron chi connectivity index (χ2n) is 30.7. The van der Waals surface area contributed by atoms with E-state index in [0.29, 0.717) is 30.2 Å². The van der Waals surface area contributed by atoms with E-state index in [4.69, 9.17) is 61.8 Å². The molecule has 1 saturated carbocycles. The number of ether oxygens (including phenoxy) is 5. The summed E-state index contributed by atoms with van der Waals surface area (Å²) < 4.78 is 32.9. The van der Waals surface area contributed by atoms with Crippen LogP contribution in [0.4, 0.5) is 28.6 Å². The van der Waals surface area contributed by atoms with Crippen LogP contribution in [0.15, 0.2) is 291 Å². The summed E-state index contributed by atoms with van der Waals surface area (Å²) in [4.78, 5) is 21.2. The number of rotatable bonds is 17. The molecule has 10 aromatic carbocycles. The maximum absolute atomic E-state index is 10.6. The van der Waals surface area contributed by atoms with Gasteiger partial charge in [0.2, 0.25) is 0 Å². The van der Waals surface area contributed by atoms with Crippen molar-refractivity contribution in [3.05, 3.63) is 319 Å². The molecule has 0 spiro atoms. The van der Waals surface area contributed by atoms with Gasteiger partial charge in [0.1, 0.15) is 106 Å². The third kappa shape index (κ3) is 29.1. The van der Waals surface area contributed by atoms with Crippen LogP contribution in [0, 0.1) is 62.6 Å². The van der Waals surface area contributed by atoms with E-state index >= 15 is 0 Å². The average Bonchev–Trinajstić information content (AvgIpc) is 1.54. The Bertz CT molecular complexity index is 5770. The van der Waals surface area contributed by atoms with Gasteiger partial charge >= 0.3 is 51.4 Å². The molecule has 3 aromatic heterocycles. The minimum atomic E-state index is -0.750. The van der Waals surface area contributed by atoms with Crippen LogP contribution in [0.2, 0.25) is 0 Å². The van der Waals surface area contributed by atoms with Crippen LogP contribution < -0.4 is 108 Å². The molecule has 1 unspecified atom stereocenters. The van der Waals surface area contributed by atoms with Crippen molar-refractivity contribution in [2.24, 2.45) is 5.92 Å². The number of aromatic nitrogens is 4. The van der Waals surface area contributed by atoms with E-state index in [1.54, 1.807) is 47.9 Å². The molecule has 0 bridgehead atoms. The van der Waals surface area contributed by atoms with E-state index in [-0.39, 0.29) is 69.6 Å². The molecular weight excluding hydrogens is 1580 g/mol. The Morgan fingerprint density at radius 2 is 0.863 bits per heavy atom. The van der Waals surface area contributed by atoms with Crippen molar-refractivity contribution in [3.63, 3.8) is 0 Å². The number of nitrogens with one attached hydrogen (secondary N) is 1. The SMILES string of the molecule is CC(C)(C)O.CC(C)(C)[O-].N#CC1CCCC1=O.N#CCN(C1=C(C#N)CCC1)c1ccc(Oc2ccccc2)cc1.N#CCNc1ccc(Oc2ccccc2)cc1.N#Cc1c(N)c2c(n1-c1ccc(Oc3ccccc3)cc1)CCC2.Nc1ccc(Oc2ccccc2)cc1.Nc1ncnc2c3c(n(-c4ccc(Oc5ccccc5)cc4)c12)CCC3.[K+]. The predicted molar refractivity (Wildman–Crippen MR) is 482 cm³/mol. The van der Waals surface area contributed by atoms with Crippen molar-refractivity contribution >= 4 is 45.4 Å². The molecule has 23 heteroatoms. The molecule has 3 heterocycles. The van der Waals surface area contributed by atoms with Gasteiger partial charge in [-0.3, -0.25) is 4.79 Å². The van der Waals surface area contributed by atoms with Crippen molar-refractivity contribution in [1.29, 1.82) is 26.3 Å². The van der Waals surface area contributed by atoms with Gasteiger partial charge in [0.25, 0.3) is 0 Å². The van der Waals surface area contributed by atoms with Crippen LogP contribution in [0.5, 0.6) is 57.5 Å². The van der Waals surface area contributed by atoms with Gasteiger partial charge in [-0.1, -0.05) is 112 Å². The van der Waals surface area contributed by atoms with Gasteiger partial charge in [-0.05, 0) is 285 Å². The molecule has 4 aliphatic carbocycles. The Labute approximate surface area is 768 Å². The summed E-state index contributed by atoms with van der Waals surface area (Å²) in [5.74, 6) is 8.31. The first kappa shape index (κ1) is 94.4. The maximum Gasteiger partial charge on any atom is 1.00 e. The number of nitrogen functional groups attached to an aromatic ring is 3. The summed E-state index contributed by atoms with van der Waals surface area (Å²) >= 11 is 0. The average molecular weight is 1680 g/mol. The molecule has 1 atom stereocenters. The first-order valence-electron chi connectivity index (χ1n) is 40.7. The van der Waals surface area contributed by atoms with E-state index in [2.05, 4.69) is 50.2 Å². The quantitative estimate of drug-likeness (QED) is 0.0321. The number of nitriles is 5. The zero-order valence-corrected chi connectivity index (χ0v) is 74.2. The zero-order chi connectivity index (χ0) is 87.5. The van der Waals surface area contributed by atoms with E-state index in [1.165, 1.54) is 17.0 Å². The number of ketones is 1. The number of benzene rings is 10. The van der Waals surface area contributed by atoms with Crippen LogP contribution in [-0.2, 0) is 30.5 Å². The number of carbonyl (C=O) groups is 1. The van der Waals surface area contributed by atoms with Crippen LogP contribution in [0.25, 0.3) is 22.4 Å². The fourth-order valence-corrected chi connectivity index (χ4v) is 13.5. The molecular formula is C101H101KN14O8. The van der Waals surface area contributed by atoms with E-state index in [0.717, 1.165) is 184 Å². The first-order chi connectivity index (χ1) is 59.5. The van der Waals surface area contributed by atoms with E-state index in [1.807, 2.05) is 282 Å². The Kier molecular flexibility index (Phi) is 36.3. The van der Waals surface area contributed by atoms with Crippen molar-refractivity contribution in [2.75, 3.05) is 40.5 Å². The number of hydrogen-bond donors (Lipinski definition) is 5. The monoisotopic (exact) mass is 1680 g/mol. The first-order valence-corrected chi connectivity index (χ1v) is 40.7. The maximum atomic E-state index is 10.6. The minimum Gasteiger partial charge on any atom is -0.850 e. The van der Waals surface area contributed by atoms with Crippen LogP contribution in [0.1, 0.15) is 121 Å². The molecule has 0 saturated heterocycles. The standard InChI is InChI=1S/C21H18N4O.2C20H17N3O.C14H12N2O.C12H11NO.C6H7NO.C4H10O.C4H9O.K/c22-21-20-19(23-13-24-21)17-7-4-8-18(17)25(20)14-9-11-16(12-10-14)26-15-5-2-1-3-6-15;21-13-19-20(22)17-7-4-8-18(17)23(19)14-9-11-16(12-10-14)24-15-5-2-1-3-6-15;21-13-14-23(20-8-4-5-16(20)15-22)17-9-11-19(12-10-17)24-18-6-2-1-3-7-18;15-10-11-16-12-6-8-14(9-7-12)17-13-4-2-1-3-5-13;13-10-6-8-12(9-7-10)14-11-4-2-1-3-5-11;7-4-5-2-1-3-6(5)8;2*1-4(2,3)5;/h1-3,5-6,9-13H,4,7-8H2,(H2,22,23,24);1-3,5-6,9-12H,4,7-8,22H2;1-3,6-7,9-12H,4-5,8,14H2;1-9,16H,11H2;1-9H,13H2;5H,1-3H2;5H,1-3H3;1-3H3;/q;;;;;;;-1;+1. The van der Waals surface area contributed by atoms with Crippen molar-refractivity contribution in [2.45, 2.75) is 130 Å². The smallest absolute Gasteiger partial charge is 0.850 e. The fourth-order valence-electron chi connectivity index (χ4n) is 13.5. The Morgan fingerprint density at radius 3 is 1.25 bits per heavy atom. The molecule has 0 aliphatic heterocycles. The number of nitrogens with two attached hydrogens (primary N) is 3. The zero-order valence-electron chi connectivity index (χ0n) is 71.0.